The molecule has 16 heteroatoms. The molecular weight excluding hydrogens is 497 g/mol. The van der Waals surface area contributed by atoms with E-state index in [1.54, 1.807) is 0 Å². The van der Waals surface area contributed by atoms with Gasteiger partial charge in [-0.1, -0.05) is 0 Å². The van der Waals surface area contributed by atoms with Gasteiger partial charge in [0.25, 0.3) is 0 Å². The van der Waals surface area contributed by atoms with Crippen LogP contribution in [0.1, 0.15) is 0 Å². The van der Waals surface area contributed by atoms with Crippen LogP contribution >= 0.6 is 0 Å². The van der Waals surface area contributed by atoms with Crippen molar-refractivity contribution in [3.63, 3.8) is 0 Å². The third kappa shape index (κ3) is 4.64. The predicted molar refractivity (Wildman–Crippen MR) is 100 cm³/mol. The van der Waals surface area contributed by atoms with Gasteiger partial charge in [0.1, 0.15) is 16.6 Å². The number of nitrogens with one attached hydrogen (secondary N) is 3. The number of hydrogen-bond acceptors (Lipinski definition) is 9. The van der Waals surface area contributed by atoms with Crippen LogP contribution < -0.4 is 31.6 Å². The summed E-state index contributed by atoms with van der Waals surface area (Å²) in [6.45, 7) is 0. The van der Waals surface area contributed by atoms with Crippen molar-refractivity contribution < 1.29 is 19.5 Å². The normalized spacial score (nSPS) is 10.1. The molecule has 152 valence electrons. The summed E-state index contributed by atoms with van der Waals surface area (Å²) < 4.78 is 0. The van der Waals surface area contributed by atoms with E-state index in [4.69, 9.17) is 0 Å². The molecule has 0 saturated heterocycles. The van der Waals surface area contributed by atoms with Crippen molar-refractivity contribution >= 4 is 33.5 Å². The number of aromatic amines is 3. The quantitative estimate of drug-likeness (QED) is 0.187. The van der Waals surface area contributed by atoms with Gasteiger partial charge >= 0.3 is 19.5 Å². The number of H-pyrrole nitrogens is 3. The van der Waals surface area contributed by atoms with E-state index < -0.39 is 0 Å². The molecule has 0 fully saturated rings. The molecular formula is C15H9N12O3Ru+3. The molecule has 6 heterocycles. The topological polar surface area (TPSA) is 218 Å². The summed E-state index contributed by atoms with van der Waals surface area (Å²) in [6, 6.07) is 0. The van der Waals surface area contributed by atoms with Crippen molar-refractivity contribution in [3.05, 3.63) is 69.0 Å². The van der Waals surface area contributed by atoms with Gasteiger partial charge in [0.15, 0.2) is 0 Å². The predicted octanol–water partition coefficient (Wildman–Crippen LogP) is -2.18. The van der Waals surface area contributed by atoms with Crippen molar-refractivity contribution in [3.8, 4) is 0 Å². The summed E-state index contributed by atoms with van der Waals surface area (Å²) in [5.74, 6) is 0. The first kappa shape index (κ1) is 21.4. The minimum atomic E-state index is -0.317. The molecule has 0 spiro atoms. The Morgan fingerprint density at radius 2 is 0.806 bits per heavy atom. The van der Waals surface area contributed by atoms with Gasteiger partial charge in [-0.3, -0.25) is 14.4 Å². The number of hydrogen-bond donors (Lipinski definition) is 3. The van der Waals surface area contributed by atoms with Crippen LogP contribution in [0.2, 0.25) is 0 Å². The molecule has 6 rings (SSSR count). The van der Waals surface area contributed by atoms with Gasteiger partial charge in [0, 0.05) is 35.9 Å². The Labute approximate surface area is 182 Å². The second kappa shape index (κ2) is 9.45. The molecule has 0 saturated carbocycles. The third-order valence-electron chi connectivity index (χ3n) is 3.56. The van der Waals surface area contributed by atoms with Crippen molar-refractivity contribution in [2.24, 2.45) is 0 Å². The van der Waals surface area contributed by atoms with E-state index in [-0.39, 0.29) is 36.2 Å². The Morgan fingerprint density at radius 3 is 1.06 bits per heavy atom. The van der Waals surface area contributed by atoms with Gasteiger partial charge in [-0.05, 0) is 19.0 Å². The summed E-state index contributed by atoms with van der Waals surface area (Å²) in [7, 11) is 0. The van der Waals surface area contributed by atoms with Gasteiger partial charge in [-0.15, -0.1) is 0 Å². The number of imidazole rings is 3. The fourth-order valence-corrected chi connectivity index (χ4v) is 2.23. The van der Waals surface area contributed by atoms with Crippen LogP contribution in [-0.2, 0) is 19.5 Å². The number of rotatable bonds is 0. The monoisotopic (exact) mass is 507 g/mol. The van der Waals surface area contributed by atoms with E-state index in [1.807, 2.05) is 0 Å². The zero-order valence-electron chi connectivity index (χ0n) is 15.1. The standard InChI is InChI=1S/3C5H4N4O.Ru/c3*10-5-3-4(7-1-6-3)8-2-9-5;/h3*1-2H,(H2,6,7,8,9,10);/q;;;+6/p-3. The second-order valence-electron chi connectivity index (χ2n) is 5.34. The Bertz CT molecular complexity index is 1400. The molecule has 0 radical (unpaired) electrons. The molecule has 0 amide bonds. The van der Waals surface area contributed by atoms with Crippen molar-refractivity contribution in [1.82, 2.24) is 59.8 Å². The van der Waals surface area contributed by atoms with E-state index in [2.05, 4.69) is 59.8 Å². The fourth-order valence-electron chi connectivity index (χ4n) is 2.23. The first-order valence-electron chi connectivity index (χ1n) is 8.06. The van der Waals surface area contributed by atoms with Gasteiger partial charge in [0.05, 0.1) is 0 Å². The van der Waals surface area contributed by atoms with Crippen molar-refractivity contribution in [2.75, 3.05) is 0 Å². The average molecular weight is 506 g/mol. The van der Waals surface area contributed by atoms with Crippen LogP contribution in [0.3, 0.4) is 0 Å². The molecule has 0 aliphatic rings. The van der Waals surface area contributed by atoms with Gasteiger partial charge in [-0.2, -0.15) is 0 Å². The first-order valence-corrected chi connectivity index (χ1v) is 8.06. The fraction of sp³-hybridized carbons (Fsp3) is 0. The minimum absolute atomic E-state index is 0. The maximum atomic E-state index is 10.8. The molecule has 31 heavy (non-hydrogen) atoms. The molecule has 0 atom stereocenters. The summed E-state index contributed by atoms with van der Waals surface area (Å²) in [5, 5.41) is 0. The van der Waals surface area contributed by atoms with E-state index in [9.17, 15) is 14.4 Å². The third-order valence-corrected chi connectivity index (χ3v) is 3.56. The zero-order chi connectivity index (χ0) is 20.9. The molecule has 6 aromatic heterocycles. The first-order chi connectivity index (χ1) is 14.6. The molecule has 0 aliphatic carbocycles. The van der Waals surface area contributed by atoms with Gasteiger partial charge in [0.2, 0.25) is 16.7 Å². The Balaban J connectivity index is 0.000000130. The summed E-state index contributed by atoms with van der Waals surface area (Å²) in [5.41, 5.74) is 1.39. The number of aromatic nitrogens is 12. The van der Waals surface area contributed by atoms with Crippen LogP contribution in [0.25, 0.3) is 33.5 Å². The molecule has 0 aromatic carbocycles. The zero-order valence-corrected chi connectivity index (χ0v) is 16.8. The van der Waals surface area contributed by atoms with Crippen LogP contribution in [0.5, 0.6) is 0 Å². The van der Waals surface area contributed by atoms with Crippen molar-refractivity contribution in [1.29, 1.82) is 0 Å². The average Bonchev–Trinajstić information content (AvgIpc) is 3.50. The molecule has 6 aromatic rings. The van der Waals surface area contributed by atoms with Gasteiger partial charge in [-0.25, -0.2) is 0 Å². The molecule has 0 unspecified atom stereocenters. The molecule has 0 bridgehead atoms. The van der Waals surface area contributed by atoms with Crippen LogP contribution in [0.4, 0.5) is 0 Å². The molecule has 0 aliphatic heterocycles. The van der Waals surface area contributed by atoms with Crippen LogP contribution in [0, 0.1) is 0 Å². The van der Waals surface area contributed by atoms with E-state index in [1.165, 1.54) is 38.0 Å². The van der Waals surface area contributed by atoms with E-state index >= 15 is 0 Å². The Kier molecular flexibility index (Phi) is 6.52. The summed E-state index contributed by atoms with van der Waals surface area (Å²) >= 11 is 0. The summed E-state index contributed by atoms with van der Waals surface area (Å²) in [6.07, 6.45) is 7.85. The number of fused-ring (bicyclic) bond motifs is 3. The van der Waals surface area contributed by atoms with Crippen molar-refractivity contribution in [2.45, 2.75) is 0 Å². The number of nitrogens with zero attached hydrogens (tertiary/aromatic N) is 9. The smallest absolute Gasteiger partial charge is 0.364 e. The largest absolute Gasteiger partial charge is 6.00 e. The SMILES string of the molecule is O=c1nc[n-]c2nc[nH]c12.O=c1nc[n-]c2nc[nH]c12.O=c1nc[n-]c2nc[nH]c12.[Ru+6]. The van der Waals surface area contributed by atoms with Gasteiger partial charge < -0.3 is 59.8 Å². The molecule has 3 N–H and O–H groups in total. The maximum absolute atomic E-state index is 10.8. The minimum Gasteiger partial charge on any atom is -0.364 e. The summed E-state index contributed by atoms with van der Waals surface area (Å²) in [4.78, 5) is 73.3. The Morgan fingerprint density at radius 1 is 0.516 bits per heavy atom. The second-order valence-corrected chi connectivity index (χ2v) is 5.34. The van der Waals surface area contributed by atoms with E-state index in [0.29, 0.717) is 33.5 Å². The van der Waals surface area contributed by atoms with Crippen LogP contribution in [-0.4, -0.2) is 44.9 Å². The van der Waals surface area contributed by atoms with Crippen LogP contribution in [0.15, 0.2) is 52.3 Å². The molecule has 15 nitrogen and oxygen atoms in total. The maximum Gasteiger partial charge on any atom is 6.00 e. The van der Waals surface area contributed by atoms with E-state index in [0.717, 1.165) is 0 Å². The Hall–Kier alpha value is -4.33.